The summed E-state index contributed by atoms with van der Waals surface area (Å²) in [6, 6.07) is 0. The number of ether oxygens (including phenoxy) is 3. The minimum atomic E-state index is -4.96. The number of allylic oxidation sites excluding steroid dienone is 30. The van der Waals surface area contributed by atoms with Crippen LogP contribution in [0.4, 0.5) is 0 Å². The van der Waals surface area contributed by atoms with Crippen LogP contribution in [-0.2, 0) is 55.8 Å². The van der Waals surface area contributed by atoms with Gasteiger partial charge in [-0.15, -0.1) is 0 Å². The van der Waals surface area contributed by atoms with Crippen LogP contribution in [0.25, 0.3) is 0 Å². The van der Waals surface area contributed by atoms with E-state index in [4.69, 9.17) is 32.3 Å². The third-order valence-corrected chi connectivity index (χ3v) is 15.5. The Morgan fingerprint density at radius 3 is 0.863 bits per heavy atom. The van der Waals surface area contributed by atoms with E-state index < -0.39 is 91.5 Å². The largest absolute Gasteiger partial charge is 0.472 e. The van der Waals surface area contributed by atoms with E-state index in [0.29, 0.717) is 25.7 Å². The molecule has 4 N–H and O–H groups in total. The molecule has 5 unspecified atom stereocenters. The monoisotopic (exact) mass is 1360 g/mol. The molecule has 0 aromatic rings. The summed E-state index contributed by atoms with van der Waals surface area (Å²) in [5, 5.41) is 20.6. The summed E-state index contributed by atoms with van der Waals surface area (Å²) in [5.74, 6) is -1.70. The number of aliphatic hydroxyl groups excluding tert-OH is 2. The van der Waals surface area contributed by atoms with Crippen molar-refractivity contribution in [1.29, 1.82) is 0 Å². The highest BCUT2D eigenvalue weighted by atomic mass is 31.2. The van der Waals surface area contributed by atoms with Crippen molar-refractivity contribution >= 4 is 33.6 Å². The van der Waals surface area contributed by atoms with Crippen LogP contribution < -0.4 is 0 Å². The number of unbranched alkanes of at least 4 members (excludes halogenated alkanes) is 11. The van der Waals surface area contributed by atoms with Gasteiger partial charge in [0, 0.05) is 19.3 Å². The molecule has 0 aliphatic carbocycles. The van der Waals surface area contributed by atoms with Gasteiger partial charge in [0.2, 0.25) is 0 Å². The van der Waals surface area contributed by atoms with Crippen molar-refractivity contribution in [2.75, 3.05) is 39.6 Å². The van der Waals surface area contributed by atoms with Crippen molar-refractivity contribution in [3.05, 3.63) is 182 Å². The first kappa shape index (κ1) is 89.6. The van der Waals surface area contributed by atoms with Gasteiger partial charge in [-0.25, -0.2) is 9.13 Å². The summed E-state index contributed by atoms with van der Waals surface area (Å²) in [4.78, 5) is 58.4. The Hall–Kier alpha value is -5.35. The number of carbonyl (C=O) groups is 3. The molecule has 536 valence electrons. The smallest absolute Gasteiger partial charge is 0.463 e. The number of phosphoric acid groups is 2. The number of hydrogen-bond donors (Lipinski definition) is 4. The van der Waals surface area contributed by atoms with Crippen molar-refractivity contribution in [3.8, 4) is 0 Å². The Kier molecular flexibility index (Phi) is 64.7. The highest BCUT2D eigenvalue weighted by Gasteiger charge is 2.29. The number of carbonyl (C=O) groups excluding carboxylic acids is 3. The summed E-state index contributed by atoms with van der Waals surface area (Å²) < 4.78 is 60.9. The van der Waals surface area contributed by atoms with Gasteiger partial charge >= 0.3 is 33.6 Å². The van der Waals surface area contributed by atoms with Crippen LogP contribution in [0.1, 0.15) is 226 Å². The highest BCUT2D eigenvalue weighted by Crippen LogP contribution is 2.45. The van der Waals surface area contributed by atoms with E-state index >= 15 is 0 Å². The van der Waals surface area contributed by atoms with E-state index in [9.17, 15) is 43.5 Å². The molecule has 16 nitrogen and oxygen atoms in total. The normalized spacial score (nSPS) is 15.2. The molecule has 0 heterocycles. The molecule has 0 aromatic heterocycles. The first-order valence-electron chi connectivity index (χ1n) is 35.1. The lowest BCUT2D eigenvalue weighted by atomic mass is 10.1. The maximum Gasteiger partial charge on any atom is 0.472 e. The molecule has 0 spiro atoms. The number of rotatable bonds is 64. The summed E-state index contributed by atoms with van der Waals surface area (Å²) in [7, 11) is -9.83. The Morgan fingerprint density at radius 1 is 0.295 bits per heavy atom. The molecule has 18 heteroatoms. The minimum absolute atomic E-state index is 0.0145. The van der Waals surface area contributed by atoms with Crippen molar-refractivity contribution < 1.29 is 75.8 Å². The zero-order chi connectivity index (χ0) is 69.5. The van der Waals surface area contributed by atoms with Crippen LogP contribution in [0.3, 0.4) is 0 Å². The lowest BCUT2D eigenvalue weighted by molar-refractivity contribution is -0.161. The highest BCUT2D eigenvalue weighted by molar-refractivity contribution is 7.47. The Morgan fingerprint density at radius 2 is 0.537 bits per heavy atom. The van der Waals surface area contributed by atoms with Gasteiger partial charge in [-0.05, 0) is 148 Å². The number of phosphoric ester groups is 2. The van der Waals surface area contributed by atoms with Crippen molar-refractivity contribution in [2.24, 2.45) is 0 Å². The summed E-state index contributed by atoms with van der Waals surface area (Å²) in [5.41, 5.74) is 0. The molecule has 0 saturated carbocycles. The first-order chi connectivity index (χ1) is 46.2. The molecule has 0 amide bonds. The van der Waals surface area contributed by atoms with Crippen LogP contribution in [0.5, 0.6) is 0 Å². The van der Waals surface area contributed by atoms with E-state index in [1.165, 1.54) is 0 Å². The van der Waals surface area contributed by atoms with Crippen molar-refractivity contribution in [1.82, 2.24) is 0 Å². The topological polar surface area (TPSA) is 231 Å². The van der Waals surface area contributed by atoms with Gasteiger partial charge in [0.25, 0.3) is 0 Å². The second-order valence-corrected chi connectivity index (χ2v) is 25.4. The SMILES string of the molecule is CC/C=C\C/C=C\C/C=C\C/C=C\C/C=C\C/C=C\CCCCCCC(=O)OCC(O)COP(=O)(O)OCC(O)COP(=O)(O)OCC(COC(=O)CCCCCCCC/C=C\C/C=C\C/C=C\C/C=C\CC)OC(=O)CCC/C=C\C/C=C\C/C=C\C/C=C\C/C=C\CC. The van der Waals surface area contributed by atoms with Gasteiger partial charge in [-0.3, -0.25) is 32.5 Å². The van der Waals surface area contributed by atoms with Crippen molar-refractivity contribution in [3.63, 3.8) is 0 Å². The standard InChI is InChI=1S/C77H122O16P2/c1-4-7-10-13-16-19-22-25-28-31-33-34-35-36-38-41-42-45-48-51-54-57-60-63-75(80)87-66-72(78)67-89-94(83,84)90-68-73(79)69-91-95(85,86)92-71-74(93-77(82)65-62-59-56-53-50-47-44-39-30-27-24-21-18-15-12-9-6-3)70-88-76(81)64-61-58-55-52-49-46-43-40-37-32-29-26-23-20-17-14-11-8-5-2/h7-12,16-21,25-30,33-34,36-38,40,42,44-45,47,53,56,72-74,78-79H,4-6,13-15,22-24,31-32,35,39,41,43,46,48-52,54-55,57-71H2,1-3H3,(H,83,84)(H,85,86)/b10-7-,11-8-,12-9-,19-16-,20-17-,21-18-,28-25-,29-26-,30-27-,34-33-,38-36-,40-37-,45-42-,47-44-,56-53-. The Labute approximate surface area is 573 Å². The molecule has 0 bridgehead atoms. The van der Waals surface area contributed by atoms with Gasteiger partial charge in [0.05, 0.1) is 26.4 Å². The molecular formula is C77H122O16P2. The zero-order valence-corrected chi connectivity index (χ0v) is 59.8. The second kappa shape index (κ2) is 68.6. The van der Waals surface area contributed by atoms with Crippen LogP contribution in [-0.4, -0.2) is 95.9 Å². The van der Waals surface area contributed by atoms with E-state index in [1.54, 1.807) is 0 Å². The third kappa shape index (κ3) is 69.8. The molecule has 0 saturated heterocycles. The molecule has 0 aliphatic rings. The van der Waals surface area contributed by atoms with Crippen molar-refractivity contribution in [2.45, 2.75) is 245 Å². The molecule has 5 atom stereocenters. The first-order valence-corrected chi connectivity index (χ1v) is 38.1. The van der Waals surface area contributed by atoms with E-state index in [2.05, 4.69) is 191 Å². The molecule has 0 aromatic carbocycles. The fraction of sp³-hybridized carbons (Fsp3) is 0.571. The molecule has 95 heavy (non-hydrogen) atoms. The molecular weight excluding hydrogens is 1240 g/mol. The Balaban J connectivity index is 4.77. The number of hydrogen-bond acceptors (Lipinski definition) is 14. The lowest BCUT2D eigenvalue weighted by Crippen LogP contribution is -2.30. The van der Waals surface area contributed by atoms with Gasteiger partial charge < -0.3 is 34.2 Å². The Bertz CT molecular complexity index is 2460. The van der Waals surface area contributed by atoms with E-state index in [-0.39, 0.29) is 19.3 Å². The fourth-order valence-corrected chi connectivity index (χ4v) is 9.95. The van der Waals surface area contributed by atoms with Crippen LogP contribution in [0.2, 0.25) is 0 Å². The van der Waals surface area contributed by atoms with Gasteiger partial charge in [-0.2, -0.15) is 0 Å². The zero-order valence-electron chi connectivity index (χ0n) is 58.0. The van der Waals surface area contributed by atoms with Crippen LogP contribution in [0.15, 0.2) is 182 Å². The van der Waals surface area contributed by atoms with Crippen LogP contribution >= 0.6 is 15.6 Å². The fourth-order valence-electron chi connectivity index (χ4n) is 8.36. The average molecular weight is 1370 g/mol. The molecule has 0 rings (SSSR count). The van der Waals surface area contributed by atoms with Gasteiger partial charge in [0.1, 0.15) is 25.4 Å². The molecule has 0 fully saturated rings. The predicted octanol–water partition coefficient (Wildman–Crippen LogP) is 19.9. The van der Waals surface area contributed by atoms with Gasteiger partial charge in [0.15, 0.2) is 6.10 Å². The second-order valence-electron chi connectivity index (χ2n) is 22.5. The maximum atomic E-state index is 12.9. The van der Waals surface area contributed by atoms with Gasteiger partial charge in [-0.1, -0.05) is 242 Å². The molecule has 0 radical (unpaired) electrons. The summed E-state index contributed by atoms with van der Waals surface area (Å²) in [6.07, 6.45) is 86.6. The van der Waals surface area contributed by atoms with E-state index in [1.807, 2.05) is 12.2 Å². The van der Waals surface area contributed by atoms with E-state index in [0.717, 1.165) is 161 Å². The number of aliphatic hydroxyl groups is 2. The average Bonchev–Trinajstić information content (AvgIpc) is 2.05. The predicted molar refractivity (Wildman–Crippen MR) is 389 cm³/mol. The van der Waals surface area contributed by atoms with Crippen LogP contribution in [0, 0.1) is 0 Å². The maximum absolute atomic E-state index is 12.9. The number of esters is 3. The third-order valence-electron chi connectivity index (χ3n) is 13.6. The lowest BCUT2D eigenvalue weighted by Gasteiger charge is -2.21. The molecule has 0 aliphatic heterocycles. The quantitative estimate of drug-likeness (QED) is 0.0146. The summed E-state index contributed by atoms with van der Waals surface area (Å²) in [6.45, 7) is 2.17. The summed E-state index contributed by atoms with van der Waals surface area (Å²) >= 11 is 0. The minimum Gasteiger partial charge on any atom is -0.463 e.